The molecular weight excluding hydrogens is 496 g/mol. The molecule has 0 amide bonds. The second-order valence-electron chi connectivity index (χ2n) is 13.3. The molecule has 0 atom stereocenters. The lowest BCUT2D eigenvalue weighted by molar-refractivity contribution is -0.704. The fourth-order valence-corrected chi connectivity index (χ4v) is 6.58. The minimum atomic E-state index is 1.11. The smallest absolute Gasteiger partial charge is 0.235 e. The maximum atomic E-state index is 2.58. The summed E-state index contributed by atoms with van der Waals surface area (Å²) in [7, 11) is 0. The quantitative estimate of drug-likeness (QED) is 0.0584. The molecule has 41 heavy (non-hydrogen) atoms. The molecule has 0 radical (unpaired) electrons. The Morgan fingerprint density at radius 3 is 1.07 bits per heavy atom. The Hall–Kier alpha value is -0.790. The van der Waals surface area contributed by atoms with Crippen LogP contribution in [-0.4, -0.2) is 4.57 Å². The van der Waals surface area contributed by atoms with Crippen LogP contribution in [0.4, 0.5) is 0 Å². The van der Waals surface area contributed by atoms with E-state index in [1.54, 1.807) is 5.82 Å². The highest BCUT2D eigenvalue weighted by Crippen LogP contribution is 2.15. The van der Waals surface area contributed by atoms with Gasteiger partial charge in [0, 0.05) is 6.42 Å². The van der Waals surface area contributed by atoms with Gasteiger partial charge in [0.1, 0.15) is 12.4 Å². The van der Waals surface area contributed by atoms with Gasteiger partial charge < -0.3 is 0 Å². The molecule has 1 aromatic heterocycles. The first-order chi connectivity index (χ1) is 20.3. The Morgan fingerprint density at radius 1 is 0.415 bits per heavy atom. The van der Waals surface area contributed by atoms with Gasteiger partial charge in [-0.1, -0.05) is 187 Å². The van der Waals surface area contributed by atoms with E-state index in [1.165, 1.54) is 206 Å². The average molecular weight is 574 g/mol. The first kappa shape index (κ1) is 38.2. The standard InChI is InChI=1S/C39H77N2/c1-4-7-9-11-13-15-17-19-20-21-22-23-25-27-29-31-33-35-39-40(6-3)37-38-41(39)36-34-32-30-28-26-24-18-16-14-12-10-8-5-2/h37-38H,4-36H2,1-3H3/q+1. The number of rotatable bonds is 33. The van der Waals surface area contributed by atoms with Crippen LogP contribution >= 0.6 is 0 Å². The molecule has 0 spiro atoms. The van der Waals surface area contributed by atoms with Crippen molar-refractivity contribution in [2.75, 3.05) is 0 Å². The number of unbranched alkanes of at least 4 members (excludes halogenated alkanes) is 28. The third kappa shape index (κ3) is 23.4. The molecule has 0 aromatic carbocycles. The molecule has 2 nitrogen and oxygen atoms in total. The summed E-state index contributed by atoms with van der Waals surface area (Å²) in [6, 6.07) is 0. The number of nitrogens with zero attached hydrogens (tertiary/aromatic N) is 2. The second-order valence-corrected chi connectivity index (χ2v) is 13.3. The summed E-state index contributed by atoms with van der Waals surface area (Å²) in [5.74, 6) is 1.58. The number of aromatic nitrogens is 2. The topological polar surface area (TPSA) is 8.81 Å². The molecule has 0 N–H and O–H groups in total. The van der Waals surface area contributed by atoms with Gasteiger partial charge in [0.25, 0.3) is 5.82 Å². The minimum Gasteiger partial charge on any atom is -0.235 e. The maximum Gasteiger partial charge on any atom is 0.256 e. The van der Waals surface area contributed by atoms with Crippen molar-refractivity contribution in [2.24, 2.45) is 0 Å². The van der Waals surface area contributed by atoms with Gasteiger partial charge in [-0.05, 0) is 26.2 Å². The Labute approximate surface area is 259 Å². The normalized spacial score (nSPS) is 11.6. The van der Waals surface area contributed by atoms with Crippen molar-refractivity contribution < 1.29 is 4.57 Å². The Bertz CT molecular complexity index is 634. The monoisotopic (exact) mass is 574 g/mol. The van der Waals surface area contributed by atoms with Gasteiger partial charge in [-0.2, -0.15) is 0 Å². The highest BCUT2D eigenvalue weighted by Gasteiger charge is 2.15. The predicted molar refractivity (Wildman–Crippen MR) is 184 cm³/mol. The van der Waals surface area contributed by atoms with Gasteiger partial charge >= 0.3 is 0 Å². The summed E-state index contributed by atoms with van der Waals surface area (Å²) >= 11 is 0. The lowest BCUT2D eigenvalue weighted by Gasteiger charge is -2.06. The molecule has 0 aliphatic rings. The fourth-order valence-electron chi connectivity index (χ4n) is 6.58. The molecule has 0 aliphatic carbocycles. The van der Waals surface area contributed by atoms with Crippen LogP contribution in [0.5, 0.6) is 0 Å². The highest BCUT2D eigenvalue weighted by molar-refractivity contribution is 4.84. The molecule has 0 saturated heterocycles. The fraction of sp³-hybridized carbons (Fsp3) is 0.923. The third-order valence-electron chi connectivity index (χ3n) is 9.44. The first-order valence-corrected chi connectivity index (χ1v) is 19.4. The summed E-state index contributed by atoms with van der Waals surface area (Å²) in [5.41, 5.74) is 0. The Kier molecular flexibility index (Phi) is 28.6. The molecule has 2 heteroatoms. The average Bonchev–Trinajstić information content (AvgIpc) is 3.38. The van der Waals surface area contributed by atoms with Crippen LogP contribution in [0.2, 0.25) is 0 Å². The van der Waals surface area contributed by atoms with E-state index >= 15 is 0 Å². The first-order valence-electron chi connectivity index (χ1n) is 19.4. The van der Waals surface area contributed by atoms with Crippen LogP contribution in [0, 0.1) is 0 Å². The molecule has 242 valence electrons. The summed E-state index contributed by atoms with van der Waals surface area (Å²) in [6.07, 6.45) is 49.3. The Balaban J connectivity index is 1.96. The summed E-state index contributed by atoms with van der Waals surface area (Å²) in [5, 5.41) is 0. The van der Waals surface area contributed by atoms with Crippen molar-refractivity contribution in [2.45, 2.75) is 233 Å². The third-order valence-corrected chi connectivity index (χ3v) is 9.44. The van der Waals surface area contributed by atoms with Crippen molar-refractivity contribution in [3.63, 3.8) is 0 Å². The van der Waals surface area contributed by atoms with E-state index in [4.69, 9.17) is 0 Å². The van der Waals surface area contributed by atoms with Crippen molar-refractivity contribution in [3.8, 4) is 0 Å². The van der Waals surface area contributed by atoms with Crippen LogP contribution in [0.1, 0.15) is 219 Å². The molecule has 1 aromatic rings. The number of aryl methyl sites for hydroxylation is 2. The molecule has 0 bridgehead atoms. The summed E-state index contributed by atoms with van der Waals surface area (Å²) in [4.78, 5) is 0. The molecule has 1 heterocycles. The lowest BCUT2D eigenvalue weighted by Crippen LogP contribution is -2.37. The van der Waals surface area contributed by atoms with Crippen LogP contribution in [0.25, 0.3) is 0 Å². The number of hydrogen-bond donors (Lipinski definition) is 0. The molecule has 0 fully saturated rings. The van der Waals surface area contributed by atoms with E-state index in [-0.39, 0.29) is 0 Å². The molecule has 0 saturated carbocycles. The lowest BCUT2D eigenvalue weighted by atomic mass is 10.0. The molecule has 0 unspecified atom stereocenters. The maximum absolute atomic E-state index is 2.58. The van der Waals surface area contributed by atoms with Gasteiger partial charge in [-0.3, -0.25) is 0 Å². The van der Waals surface area contributed by atoms with Gasteiger partial charge in [-0.25, -0.2) is 9.13 Å². The van der Waals surface area contributed by atoms with E-state index < -0.39 is 0 Å². The number of hydrogen-bond acceptors (Lipinski definition) is 0. The van der Waals surface area contributed by atoms with Gasteiger partial charge in [-0.15, -0.1) is 0 Å². The second kappa shape index (κ2) is 30.7. The van der Waals surface area contributed by atoms with E-state index in [2.05, 4.69) is 42.3 Å². The highest BCUT2D eigenvalue weighted by atomic mass is 15.1. The zero-order valence-corrected chi connectivity index (χ0v) is 28.9. The Morgan fingerprint density at radius 2 is 0.732 bits per heavy atom. The molecule has 0 aliphatic heterocycles. The number of imidazole rings is 1. The zero-order chi connectivity index (χ0) is 29.5. The van der Waals surface area contributed by atoms with Crippen molar-refractivity contribution >= 4 is 0 Å². The van der Waals surface area contributed by atoms with Gasteiger partial charge in [0.05, 0.1) is 13.1 Å². The van der Waals surface area contributed by atoms with Crippen LogP contribution in [0.15, 0.2) is 12.4 Å². The van der Waals surface area contributed by atoms with E-state index in [9.17, 15) is 0 Å². The van der Waals surface area contributed by atoms with E-state index in [1.807, 2.05) is 0 Å². The molecule has 1 rings (SSSR count). The zero-order valence-electron chi connectivity index (χ0n) is 28.9. The van der Waals surface area contributed by atoms with Crippen LogP contribution in [0.3, 0.4) is 0 Å². The van der Waals surface area contributed by atoms with Crippen molar-refractivity contribution in [3.05, 3.63) is 18.2 Å². The minimum absolute atomic E-state index is 1.11. The van der Waals surface area contributed by atoms with Crippen molar-refractivity contribution in [1.82, 2.24) is 4.57 Å². The van der Waals surface area contributed by atoms with Crippen molar-refractivity contribution in [1.29, 1.82) is 0 Å². The van der Waals surface area contributed by atoms with Gasteiger partial charge in [0.15, 0.2) is 0 Å². The summed E-state index contributed by atoms with van der Waals surface area (Å²) < 4.78 is 5.07. The van der Waals surface area contributed by atoms with Gasteiger partial charge in [0.2, 0.25) is 0 Å². The summed E-state index contributed by atoms with van der Waals surface area (Å²) in [6.45, 7) is 9.25. The predicted octanol–water partition coefficient (Wildman–Crippen LogP) is 13.1. The molecular formula is C39H77N2+. The van der Waals surface area contributed by atoms with E-state index in [0.29, 0.717) is 0 Å². The largest absolute Gasteiger partial charge is 0.256 e. The van der Waals surface area contributed by atoms with Crippen LogP contribution in [-0.2, 0) is 19.5 Å². The van der Waals surface area contributed by atoms with Crippen LogP contribution < -0.4 is 4.57 Å². The SMILES string of the molecule is CCCCCCCCCCCCCCCCCCCc1n(CC)cc[n+]1CCCCCCCCCCCCCCC. The van der Waals surface area contributed by atoms with E-state index in [0.717, 1.165) is 6.54 Å².